The van der Waals surface area contributed by atoms with Gasteiger partial charge in [0.2, 0.25) is 0 Å². The predicted molar refractivity (Wildman–Crippen MR) is 58.9 cm³/mol. The number of likely N-dealkylation sites (N-methyl/N-ethyl adjacent to an activating group) is 1. The number of amides is 1. The molecule has 0 saturated heterocycles. The first-order valence-corrected chi connectivity index (χ1v) is 4.85. The molecular formula is C9H10Cl2N2O2. The molecule has 4 nitrogen and oxygen atoms in total. The third-order valence-corrected chi connectivity index (χ3v) is 2.03. The van der Waals surface area contributed by atoms with E-state index in [-0.39, 0.29) is 12.5 Å². The van der Waals surface area contributed by atoms with Crippen LogP contribution in [-0.2, 0) is 4.79 Å². The van der Waals surface area contributed by atoms with Crippen molar-refractivity contribution in [3.63, 3.8) is 0 Å². The minimum Gasteiger partial charge on any atom is -0.484 e. The largest absolute Gasteiger partial charge is 0.484 e. The molecule has 0 radical (unpaired) electrons. The first-order valence-electron chi connectivity index (χ1n) is 4.09. The van der Waals surface area contributed by atoms with Gasteiger partial charge in [0, 0.05) is 17.1 Å². The van der Waals surface area contributed by atoms with Crippen LogP contribution >= 0.6 is 23.2 Å². The number of hydrogen-bond donors (Lipinski definition) is 1. The summed E-state index contributed by atoms with van der Waals surface area (Å²) >= 11 is 11.5. The molecular weight excluding hydrogens is 239 g/mol. The van der Waals surface area contributed by atoms with Crippen LogP contribution in [0.1, 0.15) is 0 Å². The Kier molecular flexibility index (Phi) is 4.20. The van der Waals surface area contributed by atoms with Crippen LogP contribution in [0.4, 0.5) is 0 Å². The molecule has 0 bridgehead atoms. The molecule has 1 aromatic rings. The van der Waals surface area contributed by atoms with Gasteiger partial charge in [-0.2, -0.15) is 0 Å². The fraction of sp³-hybridized carbons (Fsp3) is 0.222. The Morgan fingerprint density at radius 1 is 1.40 bits per heavy atom. The first kappa shape index (κ1) is 12.1. The summed E-state index contributed by atoms with van der Waals surface area (Å²) < 4.78 is 5.15. The number of nitrogens with zero attached hydrogens (tertiary/aromatic N) is 1. The molecule has 0 aromatic heterocycles. The van der Waals surface area contributed by atoms with E-state index in [1.165, 1.54) is 7.05 Å². The first-order chi connectivity index (χ1) is 6.99. The summed E-state index contributed by atoms with van der Waals surface area (Å²) in [6.07, 6.45) is 0. The monoisotopic (exact) mass is 248 g/mol. The van der Waals surface area contributed by atoms with Crippen LogP contribution in [-0.4, -0.2) is 24.6 Å². The van der Waals surface area contributed by atoms with Gasteiger partial charge in [-0.1, -0.05) is 23.2 Å². The number of rotatable bonds is 3. The van der Waals surface area contributed by atoms with Crippen molar-refractivity contribution in [3.05, 3.63) is 28.2 Å². The maximum absolute atomic E-state index is 11.1. The average molecular weight is 249 g/mol. The molecule has 0 atom stereocenters. The van der Waals surface area contributed by atoms with Crippen molar-refractivity contribution in [2.75, 3.05) is 13.7 Å². The van der Waals surface area contributed by atoms with Crippen molar-refractivity contribution in [2.45, 2.75) is 0 Å². The zero-order valence-electron chi connectivity index (χ0n) is 8.04. The zero-order chi connectivity index (χ0) is 11.4. The minimum absolute atomic E-state index is 0.149. The van der Waals surface area contributed by atoms with E-state index in [2.05, 4.69) is 0 Å². The third-order valence-electron chi connectivity index (χ3n) is 1.59. The Morgan fingerprint density at radius 3 is 2.40 bits per heavy atom. The Balaban J connectivity index is 2.61. The van der Waals surface area contributed by atoms with Gasteiger partial charge in [0.25, 0.3) is 5.91 Å². The summed E-state index contributed by atoms with van der Waals surface area (Å²) in [6, 6.07) is 4.71. The molecule has 0 aliphatic heterocycles. The van der Waals surface area contributed by atoms with Crippen molar-refractivity contribution >= 4 is 29.1 Å². The lowest BCUT2D eigenvalue weighted by atomic mass is 10.3. The summed E-state index contributed by atoms with van der Waals surface area (Å²) in [5, 5.41) is 1.85. The van der Waals surface area contributed by atoms with Crippen LogP contribution in [0.15, 0.2) is 18.2 Å². The third kappa shape index (κ3) is 3.95. The fourth-order valence-corrected chi connectivity index (χ4v) is 1.36. The molecule has 6 heteroatoms. The number of carbonyl (C=O) groups is 1. The summed E-state index contributed by atoms with van der Waals surface area (Å²) in [5.41, 5.74) is 0. The van der Waals surface area contributed by atoms with Gasteiger partial charge in [-0.25, -0.2) is 5.84 Å². The molecule has 1 amide bonds. The van der Waals surface area contributed by atoms with E-state index in [1.54, 1.807) is 18.2 Å². The topological polar surface area (TPSA) is 55.6 Å². The number of hydrogen-bond acceptors (Lipinski definition) is 3. The molecule has 0 aliphatic carbocycles. The Morgan fingerprint density at radius 2 is 1.93 bits per heavy atom. The maximum Gasteiger partial charge on any atom is 0.274 e. The van der Waals surface area contributed by atoms with Gasteiger partial charge < -0.3 is 4.74 Å². The molecule has 1 rings (SSSR count). The molecule has 0 saturated carbocycles. The summed E-state index contributed by atoms with van der Waals surface area (Å²) in [5.74, 6) is 5.30. The molecule has 0 fully saturated rings. The average Bonchev–Trinajstić information content (AvgIpc) is 2.12. The summed E-state index contributed by atoms with van der Waals surface area (Å²) in [7, 11) is 1.44. The molecule has 1 aromatic carbocycles. The van der Waals surface area contributed by atoms with Crippen LogP contribution in [0.25, 0.3) is 0 Å². The van der Waals surface area contributed by atoms with E-state index in [0.717, 1.165) is 5.01 Å². The maximum atomic E-state index is 11.1. The number of hydrazine groups is 1. The van der Waals surface area contributed by atoms with Crippen LogP contribution in [0.3, 0.4) is 0 Å². The highest BCUT2D eigenvalue weighted by Gasteiger charge is 2.06. The molecule has 82 valence electrons. The normalized spacial score (nSPS) is 9.87. The van der Waals surface area contributed by atoms with E-state index in [0.29, 0.717) is 15.8 Å². The van der Waals surface area contributed by atoms with Gasteiger partial charge in [0.1, 0.15) is 5.75 Å². The summed E-state index contributed by atoms with van der Waals surface area (Å²) in [4.78, 5) is 11.1. The van der Waals surface area contributed by atoms with Crippen LogP contribution in [0, 0.1) is 0 Å². The second-order valence-electron chi connectivity index (χ2n) is 2.90. The van der Waals surface area contributed by atoms with Crippen molar-refractivity contribution in [1.29, 1.82) is 0 Å². The molecule has 2 N–H and O–H groups in total. The molecule has 0 heterocycles. The van der Waals surface area contributed by atoms with Crippen molar-refractivity contribution in [2.24, 2.45) is 5.84 Å². The predicted octanol–water partition coefficient (Wildman–Crippen LogP) is 1.70. The standard InChI is InChI=1S/C9H10Cl2N2O2/c1-13(12)9(14)5-15-8-3-6(10)2-7(11)4-8/h2-4H,5,12H2,1H3. The fourth-order valence-electron chi connectivity index (χ4n) is 0.859. The Labute approximate surface area is 97.5 Å². The van der Waals surface area contributed by atoms with Crippen LogP contribution in [0.5, 0.6) is 5.75 Å². The van der Waals surface area contributed by atoms with Crippen molar-refractivity contribution < 1.29 is 9.53 Å². The Hall–Kier alpha value is -0.970. The number of nitrogens with two attached hydrogens (primary N) is 1. The van der Waals surface area contributed by atoms with E-state index in [4.69, 9.17) is 33.8 Å². The Bertz CT molecular complexity index is 349. The minimum atomic E-state index is -0.342. The van der Waals surface area contributed by atoms with Crippen molar-refractivity contribution in [1.82, 2.24) is 5.01 Å². The number of benzene rings is 1. The number of ether oxygens (including phenoxy) is 1. The zero-order valence-corrected chi connectivity index (χ0v) is 9.55. The lowest BCUT2D eigenvalue weighted by molar-refractivity contribution is -0.132. The van der Waals surface area contributed by atoms with E-state index < -0.39 is 0 Å². The number of halogens is 2. The summed E-state index contributed by atoms with van der Waals surface area (Å²) in [6.45, 7) is -0.149. The smallest absolute Gasteiger partial charge is 0.274 e. The molecule has 0 aliphatic rings. The van der Waals surface area contributed by atoms with Gasteiger partial charge in [-0.15, -0.1) is 0 Å². The van der Waals surface area contributed by atoms with Crippen molar-refractivity contribution in [3.8, 4) is 5.75 Å². The van der Waals surface area contributed by atoms with Gasteiger partial charge in [0.15, 0.2) is 6.61 Å². The van der Waals surface area contributed by atoms with Gasteiger partial charge in [-0.05, 0) is 18.2 Å². The van der Waals surface area contributed by atoms with Crippen LogP contribution in [0.2, 0.25) is 10.0 Å². The lowest BCUT2D eigenvalue weighted by Crippen LogP contribution is -2.36. The number of carbonyl (C=O) groups excluding carboxylic acids is 1. The van der Waals surface area contributed by atoms with Crippen LogP contribution < -0.4 is 10.6 Å². The van der Waals surface area contributed by atoms with E-state index in [9.17, 15) is 4.79 Å². The quantitative estimate of drug-likeness (QED) is 0.504. The van der Waals surface area contributed by atoms with Gasteiger partial charge >= 0.3 is 0 Å². The molecule has 15 heavy (non-hydrogen) atoms. The highest BCUT2D eigenvalue weighted by molar-refractivity contribution is 6.34. The molecule has 0 unspecified atom stereocenters. The lowest BCUT2D eigenvalue weighted by Gasteiger charge is -2.11. The van der Waals surface area contributed by atoms with E-state index in [1.807, 2.05) is 0 Å². The SMILES string of the molecule is CN(N)C(=O)COc1cc(Cl)cc(Cl)c1. The van der Waals surface area contributed by atoms with Gasteiger partial charge in [0.05, 0.1) is 0 Å². The van der Waals surface area contributed by atoms with Gasteiger partial charge in [-0.3, -0.25) is 9.80 Å². The second-order valence-corrected chi connectivity index (χ2v) is 3.77. The molecule has 0 spiro atoms. The highest BCUT2D eigenvalue weighted by Crippen LogP contribution is 2.23. The second kappa shape index (κ2) is 5.21. The van der Waals surface area contributed by atoms with E-state index >= 15 is 0 Å². The highest BCUT2D eigenvalue weighted by atomic mass is 35.5.